The number of piperazine rings is 1. The summed E-state index contributed by atoms with van der Waals surface area (Å²) in [6.45, 7) is 7.15. The van der Waals surface area contributed by atoms with Crippen LogP contribution in [0.1, 0.15) is 26.2 Å². The molecule has 2 rings (SSSR count). The fraction of sp³-hybridized carbons (Fsp3) is 0.867. The van der Waals surface area contributed by atoms with Crippen molar-refractivity contribution >= 4 is 36.6 Å². The molecule has 0 aromatic carbocycles. The zero-order chi connectivity index (χ0) is 15.2. The minimum Gasteiger partial charge on any atom is -0.355 e. The highest BCUT2D eigenvalue weighted by Crippen LogP contribution is 2.30. The third kappa shape index (κ3) is 6.45. The minimum absolute atomic E-state index is 0. The van der Waals surface area contributed by atoms with Gasteiger partial charge in [-0.3, -0.25) is 14.5 Å². The molecule has 2 amide bonds. The van der Waals surface area contributed by atoms with Crippen molar-refractivity contribution < 1.29 is 9.59 Å². The zero-order valence-electron chi connectivity index (χ0n) is 13.8. The molecule has 3 N–H and O–H groups in total. The van der Waals surface area contributed by atoms with Gasteiger partial charge in [-0.05, 0) is 25.3 Å². The molecule has 2 fully saturated rings. The highest BCUT2D eigenvalue weighted by molar-refractivity contribution is 5.85. The molecule has 2 atom stereocenters. The van der Waals surface area contributed by atoms with E-state index in [1.807, 2.05) is 4.90 Å². The summed E-state index contributed by atoms with van der Waals surface area (Å²) in [6.07, 6.45) is 3.18. The Hall–Kier alpha value is -0.560. The van der Waals surface area contributed by atoms with Gasteiger partial charge in [-0.15, -0.1) is 24.8 Å². The maximum atomic E-state index is 12.2. The standard InChI is InChI=1S/C15H28N4O2.2ClH/c1-12(20)19-9-7-18(8-10-19)6-5-17-15(21)14-4-2-3-13(14)11-16;;/h13-14H,2-11,16H2,1H3,(H,17,21);2*1H/t13-,14-;;/m1../s1. The molecule has 0 radical (unpaired) electrons. The lowest BCUT2D eigenvalue weighted by molar-refractivity contribution is -0.130. The number of nitrogens with two attached hydrogens (primary N) is 1. The van der Waals surface area contributed by atoms with Crippen molar-refractivity contribution in [2.45, 2.75) is 26.2 Å². The van der Waals surface area contributed by atoms with Gasteiger partial charge >= 0.3 is 0 Å². The van der Waals surface area contributed by atoms with E-state index in [4.69, 9.17) is 5.73 Å². The molecule has 0 unspecified atom stereocenters. The van der Waals surface area contributed by atoms with Crippen molar-refractivity contribution in [1.29, 1.82) is 0 Å². The number of hydrogen-bond acceptors (Lipinski definition) is 4. The minimum atomic E-state index is 0. The van der Waals surface area contributed by atoms with Gasteiger partial charge in [-0.25, -0.2) is 0 Å². The van der Waals surface area contributed by atoms with E-state index in [-0.39, 0.29) is 42.5 Å². The average molecular weight is 369 g/mol. The van der Waals surface area contributed by atoms with Crippen molar-refractivity contribution in [1.82, 2.24) is 15.1 Å². The van der Waals surface area contributed by atoms with Crippen LogP contribution < -0.4 is 11.1 Å². The second-order valence-electron chi connectivity index (χ2n) is 6.17. The molecule has 136 valence electrons. The van der Waals surface area contributed by atoms with Crippen LogP contribution in [0.25, 0.3) is 0 Å². The second-order valence-corrected chi connectivity index (χ2v) is 6.17. The van der Waals surface area contributed by atoms with Crippen molar-refractivity contribution in [2.24, 2.45) is 17.6 Å². The summed E-state index contributed by atoms with van der Waals surface area (Å²) < 4.78 is 0. The summed E-state index contributed by atoms with van der Waals surface area (Å²) in [5, 5.41) is 3.05. The Balaban J connectivity index is 0.00000242. The molecule has 0 aromatic heterocycles. The fourth-order valence-electron chi connectivity index (χ4n) is 3.42. The first kappa shape index (κ1) is 22.4. The molecule has 1 aliphatic carbocycles. The van der Waals surface area contributed by atoms with Gasteiger partial charge in [0.25, 0.3) is 0 Å². The molecule has 2 aliphatic rings. The van der Waals surface area contributed by atoms with E-state index in [0.717, 1.165) is 52.0 Å². The first-order chi connectivity index (χ1) is 10.1. The van der Waals surface area contributed by atoms with Gasteiger partial charge < -0.3 is 16.0 Å². The molecule has 1 saturated carbocycles. The molecule has 1 aliphatic heterocycles. The normalized spacial score (nSPS) is 24.5. The molecule has 23 heavy (non-hydrogen) atoms. The summed E-state index contributed by atoms with van der Waals surface area (Å²) in [6, 6.07) is 0. The monoisotopic (exact) mass is 368 g/mol. The van der Waals surface area contributed by atoms with Crippen LogP contribution in [0.15, 0.2) is 0 Å². The van der Waals surface area contributed by atoms with E-state index in [9.17, 15) is 9.59 Å². The van der Waals surface area contributed by atoms with E-state index in [0.29, 0.717) is 19.0 Å². The zero-order valence-corrected chi connectivity index (χ0v) is 15.5. The highest BCUT2D eigenvalue weighted by atomic mass is 35.5. The van der Waals surface area contributed by atoms with Crippen LogP contribution >= 0.6 is 24.8 Å². The van der Waals surface area contributed by atoms with E-state index in [1.165, 1.54) is 0 Å². The third-order valence-electron chi connectivity index (χ3n) is 4.84. The van der Waals surface area contributed by atoms with Crippen LogP contribution in [0.4, 0.5) is 0 Å². The third-order valence-corrected chi connectivity index (χ3v) is 4.84. The molecule has 8 heteroatoms. The Morgan fingerprint density at radius 2 is 1.78 bits per heavy atom. The molecule has 1 saturated heterocycles. The maximum Gasteiger partial charge on any atom is 0.223 e. The summed E-state index contributed by atoms with van der Waals surface area (Å²) in [5.74, 6) is 0.802. The van der Waals surface area contributed by atoms with Crippen LogP contribution in [0, 0.1) is 11.8 Å². The van der Waals surface area contributed by atoms with Crippen LogP contribution in [0.2, 0.25) is 0 Å². The van der Waals surface area contributed by atoms with Gasteiger partial charge in [0.15, 0.2) is 0 Å². The van der Waals surface area contributed by atoms with Crippen LogP contribution in [0.5, 0.6) is 0 Å². The van der Waals surface area contributed by atoms with E-state index in [1.54, 1.807) is 6.92 Å². The van der Waals surface area contributed by atoms with E-state index in [2.05, 4.69) is 10.2 Å². The van der Waals surface area contributed by atoms with Crippen molar-refractivity contribution in [3.63, 3.8) is 0 Å². The lowest BCUT2D eigenvalue weighted by Crippen LogP contribution is -2.50. The fourth-order valence-corrected chi connectivity index (χ4v) is 3.42. The van der Waals surface area contributed by atoms with Crippen molar-refractivity contribution in [2.75, 3.05) is 45.8 Å². The smallest absolute Gasteiger partial charge is 0.223 e. The second kappa shape index (κ2) is 11.1. The number of amides is 2. The van der Waals surface area contributed by atoms with Crippen molar-refractivity contribution in [3.8, 4) is 0 Å². The van der Waals surface area contributed by atoms with E-state index >= 15 is 0 Å². The van der Waals surface area contributed by atoms with Gasteiger partial charge in [0.05, 0.1) is 0 Å². The van der Waals surface area contributed by atoms with E-state index < -0.39 is 0 Å². The summed E-state index contributed by atoms with van der Waals surface area (Å²) in [7, 11) is 0. The van der Waals surface area contributed by atoms with Gasteiger partial charge in [0.2, 0.25) is 11.8 Å². The van der Waals surface area contributed by atoms with Gasteiger partial charge in [-0.2, -0.15) is 0 Å². The van der Waals surface area contributed by atoms with Crippen LogP contribution in [-0.4, -0.2) is 67.4 Å². The summed E-state index contributed by atoms with van der Waals surface area (Å²) >= 11 is 0. The van der Waals surface area contributed by atoms with Gasteiger partial charge in [-0.1, -0.05) is 6.42 Å². The Bertz CT molecular complexity index is 376. The number of nitrogens with one attached hydrogen (secondary N) is 1. The SMILES string of the molecule is CC(=O)N1CCN(CCNC(=O)[C@@H]2CCC[C@@H]2CN)CC1.Cl.Cl. The van der Waals surface area contributed by atoms with Crippen LogP contribution in [0.3, 0.4) is 0 Å². The predicted octanol–water partition coefficient (Wildman–Crippen LogP) is 0.485. The van der Waals surface area contributed by atoms with Crippen molar-refractivity contribution in [3.05, 3.63) is 0 Å². The summed E-state index contributed by atoms with van der Waals surface area (Å²) in [4.78, 5) is 27.6. The van der Waals surface area contributed by atoms with Gasteiger partial charge in [0, 0.05) is 52.1 Å². The number of hydrogen-bond donors (Lipinski definition) is 2. The Labute approximate surface area is 151 Å². The Morgan fingerprint density at radius 3 is 2.35 bits per heavy atom. The number of halogens is 2. The molecule has 6 nitrogen and oxygen atoms in total. The lowest BCUT2D eigenvalue weighted by Gasteiger charge is -2.34. The molecule has 0 spiro atoms. The topological polar surface area (TPSA) is 78.7 Å². The molecule has 0 aromatic rings. The first-order valence-corrected chi connectivity index (χ1v) is 8.07. The predicted molar refractivity (Wildman–Crippen MR) is 96.1 cm³/mol. The Kier molecular flexibility index (Phi) is 10.8. The van der Waals surface area contributed by atoms with Crippen LogP contribution in [-0.2, 0) is 9.59 Å². The molecule has 0 bridgehead atoms. The molecular formula is C15H30Cl2N4O2. The largest absolute Gasteiger partial charge is 0.355 e. The number of nitrogens with zero attached hydrogens (tertiary/aromatic N) is 2. The quantitative estimate of drug-likeness (QED) is 0.739. The highest BCUT2D eigenvalue weighted by Gasteiger charge is 2.31. The number of carbonyl (C=O) groups is 2. The maximum absolute atomic E-state index is 12.2. The number of carbonyl (C=O) groups excluding carboxylic acids is 2. The lowest BCUT2D eigenvalue weighted by atomic mass is 9.95. The first-order valence-electron chi connectivity index (χ1n) is 8.07. The molecular weight excluding hydrogens is 339 g/mol. The summed E-state index contributed by atoms with van der Waals surface area (Å²) in [5.41, 5.74) is 5.72. The average Bonchev–Trinajstić information content (AvgIpc) is 2.96. The van der Waals surface area contributed by atoms with Gasteiger partial charge in [0.1, 0.15) is 0 Å². The molecule has 1 heterocycles. The number of rotatable bonds is 5. The Morgan fingerprint density at radius 1 is 1.13 bits per heavy atom.